The second kappa shape index (κ2) is 7.67. The molecule has 3 N–H and O–H groups in total. The number of primary amides is 1. The molecule has 1 aromatic rings. The van der Waals surface area contributed by atoms with Crippen molar-refractivity contribution >= 4 is 23.6 Å². The molecule has 1 aliphatic rings. The van der Waals surface area contributed by atoms with Gasteiger partial charge in [0.1, 0.15) is 5.75 Å². The molecule has 2 rings (SSSR count). The maximum Gasteiger partial charge on any atom is 0.340 e. The molecule has 1 saturated heterocycles. The molecule has 1 aliphatic heterocycles. The number of amides is 3. The molecule has 0 unspecified atom stereocenters. The van der Waals surface area contributed by atoms with E-state index in [0.717, 1.165) is 0 Å². The van der Waals surface area contributed by atoms with Gasteiger partial charge in [0.2, 0.25) is 5.91 Å². The van der Waals surface area contributed by atoms with E-state index in [2.05, 4.69) is 5.32 Å². The number of ether oxygens (including phenoxy) is 2. The fraction of sp³-hybridized carbons (Fsp3) is 0.438. The lowest BCUT2D eigenvalue weighted by molar-refractivity contribution is -0.121. The van der Waals surface area contributed by atoms with Crippen molar-refractivity contribution in [1.29, 1.82) is 0 Å². The zero-order chi connectivity index (χ0) is 17.7. The molecule has 1 aromatic carbocycles. The average Bonchev–Trinajstić information content (AvgIpc) is 2.61. The minimum absolute atomic E-state index is 0.202. The van der Waals surface area contributed by atoms with E-state index in [1.165, 1.54) is 25.2 Å². The van der Waals surface area contributed by atoms with E-state index in [1.807, 2.05) is 0 Å². The van der Waals surface area contributed by atoms with E-state index >= 15 is 0 Å². The van der Waals surface area contributed by atoms with Gasteiger partial charge in [-0.15, -0.1) is 0 Å². The summed E-state index contributed by atoms with van der Waals surface area (Å²) in [6, 6.07) is 4.18. The Kier molecular flexibility index (Phi) is 5.62. The summed E-state index contributed by atoms with van der Waals surface area (Å²) in [5.74, 6) is -0.743. The van der Waals surface area contributed by atoms with Gasteiger partial charge in [0.25, 0.3) is 0 Å². The first-order valence-electron chi connectivity index (χ1n) is 7.58. The van der Waals surface area contributed by atoms with E-state index < -0.39 is 12.0 Å². The van der Waals surface area contributed by atoms with Crippen LogP contribution in [0.3, 0.4) is 0 Å². The lowest BCUT2D eigenvalue weighted by atomic mass is 9.97. The molecule has 1 heterocycles. The number of benzene rings is 1. The fourth-order valence-corrected chi connectivity index (χ4v) is 2.66. The van der Waals surface area contributed by atoms with Gasteiger partial charge in [0.05, 0.1) is 31.4 Å². The van der Waals surface area contributed by atoms with Crippen LogP contribution in [0.2, 0.25) is 0 Å². The first-order chi connectivity index (χ1) is 11.5. The minimum atomic E-state index is -0.577. The normalized spacial score (nSPS) is 17.1. The summed E-state index contributed by atoms with van der Waals surface area (Å²) in [5.41, 5.74) is 5.81. The number of carbonyl (C=O) groups excluding carboxylic acids is 3. The van der Waals surface area contributed by atoms with Gasteiger partial charge >= 0.3 is 12.0 Å². The topological polar surface area (TPSA) is 111 Å². The van der Waals surface area contributed by atoms with E-state index in [9.17, 15) is 14.4 Å². The number of urea groups is 1. The molecule has 8 nitrogen and oxygen atoms in total. The van der Waals surface area contributed by atoms with Crippen molar-refractivity contribution in [2.75, 3.05) is 32.6 Å². The Morgan fingerprint density at radius 1 is 1.29 bits per heavy atom. The Balaban J connectivity index is 2.16. The molecule has 1 fully saturated rings. The quantitative estimate of drug-likeness (QED) is 0.804. The SMILES string of the molecule is COC(=O)c1cc(OC)ccc1NC(=O)[C@@H]1CCCN(C(N)=O)C1. The molecule has 130 valence electrons. The molecular formula is C16H21N3O5. The number of nitrogens with two attached hydrogens (primary N) is 1. The Bertz CT molecular complexity index is 647. The minimum Gasteiger partial charge on any atom is -0.497 e. The maximum absolute atomic E-state index is 12.5. The maximum atomic E-state index is 12.5. The van der Waals surface area contributed by atoms with Crippen molar-refractivity contribution in [3.05, 3.63) is 23.8 Å². The van der Waals surface area contributed by atoms with Crippen LogP contribution in [0, 0.1) is 5.92 Å². The van der Waals surface area contributed by atoms with E-state index in [-0.39, 0.29) is 23.9 Å². The summed E-state index contributed by atoms with van der Waals surface area (Å²) in [7, 11) is 2.74. The van der Waals surface area contributed by atoms with Crippen molar-refractivity contribution in [2.45, 2.75) is 12.8 Å². The van der Waals surface area contributed by atoms with Crippen LogP contribution in [0.4, 0.5) is 10.5 Å². The van der Waals surface area contributed by atoms with Gasteiger partial charge in [-0.25, -0.2) is 9.59 Å². The second-order valence-corrected chi connectivity index (χ2v) is 5.52. The molecule has 3 amide bonds. The van der Waals surface area contributed by atoms with Crippen LogP contribution >= 0.6 is 0 Å². The Morgan fingerprint density at radius 3 is 2.67 bits per heavy atom. The molecule has 0 aromatic heterocycles. The van der Waals surface area contributed by atoms with Crippen molar-refractivity contribution < 1.29 is 23.9 Å². The molecule has 0 radical (unpaired) electrons. The van der Waals surface area contributed by atoms with Crippen molar-refractivity contribution in [3.63, 3.8) is 0 Å². The smallest absolute Gasteiger partial charge is 0.340 e. The number of likely N-dealkylation sites (tertiary alicyclic amines) is 1. The number of esters is 1. The largest absolute Gasteiger partial charge is 0.497 e. The number of nitrogens with one attached hydrogen (secondary N) is 1. The Morgan fingerprint density at radius 2 is 2.04 bits per heavy atom. The fourth-order valence-electron chi connectivity index (χ4n) is 2.66. The van der Waals surface area contributed by atoms with Gasteiger partial charge in [-0.1, -0.05) is 0 Å². The van der Waals surface area contributed by atoms with Gasteiger partial charge in [-0.2, -0.15) is 0 Å². The first kappa shape index (κ1) is 17.6. The van der Waals surface area contributed by atoms with Crippen LogP contribution in [-0.4, -0.2) is 50.1 Å². The third-order valence-corrected chi connectivity index (χ3v) is 3.99. The summed E-state index contributed by atoms with van der Waals surface area (Å²) in [4.78, 5) is 37.1. The monoisotopic (exact) mass is 335 g/mol. The molecule has 0 spiro atoms. The van der Waals surface area contributed by atoms with E-state index in [0.29, 0.717) is 30.8 Å². The number of methoxy groups -OCH3 is 2. The van der Waals surface area contributed by atoms with Crippen molar-refractivity contribution in [2.24, 2.45) is 11.7 Å². The molecule has 0 saturated carbocycles. The van der Waals surface area contributed by atoms with Gasteiger partial charge in [0, 0.05) is 13.1 Å². The van der Waals surface area contributed by atoms with Crippen molar-refractivity contribution in [3.8, 4) is 5.75 Å². The molecule has 1 atom stereocenters. The molecular weight excluding hydrogens is 314 g/mol. The predicted molar refractivity (Wildman–Crippen MR) is 86.8 cm³/mol. The average molecular weight is 335 g/mol. The third kappa shape index (κ3) is 3.95. The van der Waals surface area contributed by atoms with Crippen LogP contribution in [0.15, 0.2) is 18.2 Å². The number of carbonyl (C=O) groups is 3. The van der Waals surface area contributed by atoms with Crippen LogP contribution in [0.1, 0.15) is 23.2 Å². The van der Waals surface area contributed by atoms with Gasteiger partial charge in [0.15, 0.2) is 0 Å². The molecule has 24 heavy (non-hydrogen) atoms. The highest BCUT2D eigenvalue weighted by Crippen LogP contribution is 2.25. The van der Waals surface area contributed by atoms with E-state index in [4.69, 9.17) is 15.2 Å². The summed E-state index contributed by atoms with van der Waals surface area (Å²) in [5, 5.41) is 2.73. The van der Waals surface area contributed by atoms with Crippen LogP contribution in [-0.2, 0) is 9.53 Å². The Hall–Kier alpha value is -2.77. The zero-order valence-corrected chi connectivity index (χ0v) is 13.7. The number of anilines is 1. The first-order valence-corrected chi connectivity index (χ1v) is 7.58. The standard InChI is InChI=1S/C16H21N3O5/c1-23-11-5-6-13(12(8-11)15(21)24-2)18-14(20)10-4-3-7-19(9-10)16(17)22/h5-6,8,10H,3-4,7,9H2,1-2H3,(H2,17,22)(H,18,20)/t10-/m1/s1. The highest BCUT2D eigenvalue weighted by Gasteiger charge is 2.28. The molecule has 0 aliphatic carbocycles. The highest BCUT2D eigenvalue weighted by atomic mass is 16.5. The predicted octanol–water partition coefficient (Wildman–Crippen LogP) is 1.21. The number of rotatable bonds is 4. The summed E-state index contributed by atoms with van der Waals surface area (Å²) >= 11 is 0. The van der Waals surface area contributed by atoms with Gasteiger partial charge < -0.3 is 25.4 Å². The number of nitrogens with zero attached hydrogens (tertiary/aromatic N) is 1. The number of hydrogen-bond donors (Lipinski definition) is 2. The van der Waals surface area contributed by atoms with Crippen LogP contribution in [0.5, 0.6) is 5.75 Å². The summed E-state index contributed by atoms with van der Waals surface area (Å²) in [6.45, 7) is 0.819. The highest BCUT2D eigenvalue weighted by molar-refractivity contribution is 6.02. The van der Waals surface area contributed by atoms with Gasteiger partial charge in [-0.3, -0.25) is 4.79 Å². The van der Waals surface area contributed by atoms with Crippen LogP contribution < -0.4 is 15.8 Å². The second-order valence-electron chi connectivity index (χ2n) is 5.52. The zero-order valence-electron chi connectivity index (χ0n) is 13.7. The van der Waals surface area contributed by atoms with Crippen molar-refractivity contribution in [1.82, 2.24) is 4.90 Å². The summed E-state index contributed by atoms with van der Waals surface area (Å²) < 4.78 is 9.82. The number of hydrogen-bond acceptors (Lipinski definition) is 5. The van der Waals surface area contributed by atoms with Gasteiger partial charge in [-0.05, 0) is 31.0 Å². The Labute approximate surface area is 139 Å². The van der Waals surface area contributed by atoms with E-state index in [1.54, 1.807) is 12.1 Å². The lowest BCUT2D eigenvalue weighted by Crippen LogP contribution is -2.46. The van der Waals surface area contributed by atoms with Crippen LogP contribution in [0.25, 0.3) is 0 Å². The molecule has 0 bridgehead atoms. The lowest BCUT2D eigenvalue weighted by Gasteiger charge is -2.30. The third-order valence-electron chi connectivity index (χ3n) is 3.99. The molecule has 8 heteroatoms. The number of piperidine rings is 1. The summed E-state index contributed by atoms with van der Waals surface area (Å²) in [6.07, 6.45) is 1.35.